The van der Waals surface area contributed by atoms with Gasteiger partial charge in [-0.1, -0.05) is 29.8 Å². The molecule has 0 unspecified atom stereocenters. The van der Waals surface area contributed by atoms with Crippen LogP contribution in [0.3, 0.4) is 0 Å². The van der Waals surface area contributed by atoms with Crippen LogP contribution in [0, 0.1) is 12.8 Å². The maximum Gasteiger partial charge on any atom is 0.123 e. The van der Waals surface area contributed by atoms with Gasteiger partial charge in [0.15, 0.2) is 0 Å². The lowest BCUT2D eigenvalue weighted by molar-refractivity contribution is 0.402. The van der Waals surface area contributed by atoms with Crippen molar-refractivity contribution in [2.75, 3.05) is 18.0 Å². The maximum absolute atomic E-state index is 4.03. The SMILES string of the molecule is Cc1cccc(CC2CCN(c3ccn[nH]3)CC2)c1. The zero-order valence-corrected chi connectivity index (χ0v) is 11.5. The number of hydrogen-bond donors (Lipinski definition) is 1. The monoisotopic (exact) mass is 255 g/mol. The fourth-order valence-corrected chi connectivity index (χ4v) is 2.98. The quantitative estimate of drug-likeness (QED) is 0.913. The molecule has 19 heavy (non-hydrogen) atoms. The largest absolute Gasteiger partial charge is 0.357 e. The first-order valence-electron chi connectivity index (χ1n) is 7.11. The van der Waals surface area contributed by atoms with Gasteiger partial charge >= 0.3 is 0 Å². The number of nitrogens with zero attached hydrogens (tertiary/aromatic N) is 2. The molecule has 1 saturated heterocycles. The van der Waals surface area contributed by atoms with E-state index in [0.717, 1.165) is 24.8 Å². The fourth-order valence-electron chi connectivity index (χ4n) is 2.98. The molecule has 1 fully saturated rings. The molecule has 3 nitrogen and oxygen atoms in total. The average Bonchev–Trinajstić information content (AvgIpc) is 2.94. The van der Waals surface area contributed by atoms with E-state index < -0.39 is 0 Å². The van der Waals surface area contributed by atoms with Gasteiger partial charge in [-0.05, 0) is 37.7 Å². The third-order valence-electron chi connectivity index (χ3n) is 4.05. The van der Waals surface area contributed by atoms with Crippen LogP contribution in [0.2, 0.25) is 0 Å². The van der Waals surface area contributed by atoms with Crippen LogP contribution in [0.25, 0.3) is 0 Å². The molecule has 0 aliphatic carbocycles. The first-order valence-corrected chi connectivity index (χ1v) is 7.11. The van der Waals surface area contributed by atoms with Gasteiger partial charge in [0.05, 0.1) is 6.20 Å². The van der Waals surface area contributed by atoms with Crippen LogP contribution < -0.4 is 4.90 Å². The summed E-state index contributed by atoms with van der Waals surface area (Å²) in [6.45, 7) is 4.45. The van der Waals surface area contributed by atoms with Gasteiger partial charge in [0.1, 0.15) is 5.82 Å². The van der Waals surface area contributed by atoms with Gasteiger partial charge in [0.2, 0.25) is 0 Å². The number of aryl methyl sites for hydroxylation is 1. The second-order valence-corrected chi connectivity index (χ2v) is 5.57. The number of anilines is 1. The molecule has 1 aliphatic rings. The lowest BCUT2D eigenvalue weighted by Gasteiger charge is -2.32. The zero-order valence-electron chi connectivity index (χ0n) is 11.5. The molecule has 1 aromatic carbocycles. The molecule has 2 heterocycles. The highest BCUT2D eigenvalue weighted by atomic mass is 15.3. The maximum atomic E-state index is 4.03. The molecule has 1 aromatic heterocycles. The summed E-state index contributed by atoms with van der Waals surface area (Å²) >= 11 is 0. The molecular formula is C16H21N3. The van der Waals surface area contributed by atoms with Crippen molar-refractivity contribution < 1.29 is 0 Å². The Kier molecular flexibility index (Phi) is 3.53. The highest BCUT2D eigenvalue weighted by Gasteiger charge is 2.20. The molecule has 0 saturated carbocycles. The van der Waals surface area contributed by atoms with E-state index in [-0.39, 0.29) is 0 Å². The molecule has 3 rings (SSSR count). The summed E-state index contributed by atoms with van der Waals surface area (Å²) in [6, 6.07) is 11.0. The highest BCUT2D eigenvalue weighted by Crippen LogP contribution is 2.24. The Hall–Kier alpha value is -1.77. The van der Waals surface area contributed by atoms with Crippen molar-refractivity contribution in [1.82, 2.24) is 10.2 Å². The molecular weight excluding hydrogens is 234 g/mol. The predicted molar refractivity (Wildman–Crippen MR) is 78.4 cm³/mol. The number of hydrogen-bond acceptors (Lipinski definition) is 2. The Bertz CT molecular complexity index is 511. The molecule has 100 valence electrons. The van der Waals surface area contributed by atoms with E-state index in [9.17, 15) is 0 Å². The summed E-state index contributed by atoms with van der Waals surface area (Å²) < 4.78 is 0. The molecule has 0 bridgehead atoms. The Morgan fingerprint density at radius 1 is 1.26 bits per heavy atom. The Morgan fingerprint density at radius 3 is 2.79 bits per heavy atom. The average molecular weight is 255 g/mol. The Labute approximate surface area is 114 Å². The van der Waals surface area contributed by atoms with E-state index in [0.29, 0.717) is 0 Å². The number of H-pyrrole nitrogens is 1. The van der Waals surface area contributed by atoms with Crippen molar-refractivity contribution in [2.45, 2.75) is 26.2 Å². The third-order valence-corrected chi connectivity index (χ3v) is 4.05. The van der Waals surface area contributed by atoms with Crippen LogP contribution in [0.5, 0.6) is 0 Å². The van der Waals surface area contributed by atoms with Crippen molar-refractivity contribution in [3.63, 3.8) is 0 Å². The number of aromatic amines is 1. The van der Waals surface area contributed by atoms with E-state index in [2.05, 4.69) is 52.4 Å². The first-order chi connectivity index (χ1) is 9.31. The van der Waals surface area contributed by atoms with Crippen LogP contribution in [0.1, 0.15) is 24.0 Å². The number of nitrogens with one attached hydrogen (secondary N) is 1. The third kappa shape index (κ3) is 2.98. The van der Waals surface area contributed by atoms with Crippen molar-refractivity contribution >= 4 is 5.82 Å². The van der Waals surface area contributed by atoms with E-state index in [1.165, 1.54) is 30.4 Å². The molecule has 0 atom stereocenters. The van der Waals surface area contributed by atoms with Crippen LogP contribution in [-0.2, 0) is 6.42 Å². The molecule has 0 radical (unpaired) electrons. The van der Waals surface area contributed by atoms with Gasteiger partial charge in [0.25, 0.3) is 0 Å². The predicted octanol–water partition coefficient (Wildman–Crippen LogP) is 3.18. The van der Waals surface area contributed by atoms with Gasteiger partial charge in [0, 0.05) is 19.2 Å². The second kappa shape index (κ2) is 5.47. The van der Waals surface area contributed by atoms with Crippen LogP contribution >= 0.6 is 0 Å². The number of piperidine rings is 1. The standard InChI is InChI=1S/C16H21N3/c1-13-3-2-4-15(11-13)12-14-6-9-19(10-7-14)16-5-8-17-18-16/h2-5,8,11,14H,6-7,9-10,12H2,1H3,(H,17,18). The van der Waals surface area contributed by atoms with Crippen LogP contribution in [-0.4, -0.2) is 23.3 Å². The van der Waals surface area contributed by atoms with Gasteiger partial charge in [-0.2, -0.15) is 5.10 Å². The highest BCUT2D eigenvalue weighted by molar-refractivity contribution is 5.36. The summed E-state index contributed by atoms with van der Waals surface area (Å²) in [5, 5.41) is 7.08. The molecule has 1 N–H and O–H groups in total. The fraction of sp³-hybridized carbons (Fsp3) is 0.438. The summed E-state index contributed by atoms with van der Waals surface area (Å²) in [7, 11) is 0. The van der Waals surface area contributed by atoms with E-state index in [4.69, 9.17) is 0 Å². The van der Waals surface area contributed by atoms with Gasteiger partial charge in [-0.25, -0.2) is 0 Å². The summed E-state index contributed by atoms with van der Waals surface area (Å²) in [6.07, 6.45) is 5.59. The van der Waals surface area contributed by atoms with Crippen molar-refractivity contribution in [2.24, 2.45) is 5.92 Å². The van der Waals surface area contributed by atoms with Crippen molar-refractivity contribution in [3.8, 4) is 0 Å². The van der Waals surface area contributed by atoms with Gasteiger partial charge in [-0.3, -0.25) is 5.10 Å². The van der Waals surface area contributed by atoms with Crippen molar-refractivity contribution in [1.29, 1.82) is 0 Å². The topological polar surface area (TPSA) is 31.9 Å². The minimum atomic E-state index is 0.820. The van der Waals surface area contributed by atoms with Gasteiger partial charge in [-0.15, -0.1) is 0 Å². The van der Waals surface area contributed by atoms with Crippen molar-refractivity contribution in [3.05, 3.63) is 47.7 Å². The number of rotatable bonds is 3. The smallest absolute Gasteiger partial charge is 0.123 e. The molecule has 2 aromatic rings. The molecule has 1 aliphatic heterocycles. The molecule has 3 heteroatoms. The Balaban J connectivity index is 1.56. The van der Waals surface area contributed by atoms with E-state index in [1.807, 2.05) is 6.20 Å². The number of aromatic nitrogens is 2. The molecule has 0 amide bonds. The molecule has 0 spiro atoms. The van der Waals surface area contributed by atoms with Crippen LogP contribution in [0.4, 0.5) is 5.82 Å². The lowest BCUT2D eigenvalue weighted by Crippen LogP contribution is -2.34. The van der Waals surface area contributed by atoms with E-state index >= 15 is 0 Å². The summed E-state index contributed by atoms with van der Waals surface area (Å²) in [5.41, 5.74) is 2.85. The van der Waals surface area contributed by atoms with Crippen LogP contribution in [0.15, 0.2) is 36.5 Å². The first kappa shape index (κ1) is 12.3. The Morgan fingerprint density at radius 2 is 2.11 bits per heavy atom. The normalized spacial score (nSPS) is 16.8. The summed E-state index contributed by atoms with van der Waals surface area (Å²) in [4.78, 5) is 2.40. The number of benzene rings is 1. The minimum Gasteiger partial charge on any atom is -0.357 e. The second-order valence-electron chi connectivity index (χ2n) is 5.57. The lowest BCUT2D eigenvalue weighted by atomic mass is 9.90. The summed E-state index contributed by atoms with van der Waals surface area (Å²) in [5.74, 6) is 1.98. The zero-order chi connectivity index (χ0) is 13.1. The van der Waals surface area contributed by atoms with E-state index in [1.54, 1.807) is 0 Å². The minimum absolute atomic E-state index is 0.820. The van der Waals surface area contributed by atoms with Gasteiger partial charge < -0.3 is 4.90 Å².